The molecular formula is C51H97NO6. The zero-order chi connectivity index (χ0) is 42.4. The van der Waals surface area contributed by atoms with Crippen LogP contribution >= 0.6 is 0 Å². The van der Waals surface area contributed by atoms with E-state index in [0.29, 0.717) is 45.6 Å². The molecule has 0 radical (unpaired) electrons. The third-order valence-corrected chi connectivity index (χ3v) is 11.3. The van der Waals surface area contributed by atoms with Crippen LogP contribution in [0.2, 0.25) is 0 Å². The highest BCUT2D eigenvalue weighted by Crippen LogP contribution is 2.19. The maximum absolute atomic E-state index is 12.2. The van der Waals surface area contributed by atoms with Crippen molar-refractivity contribution >= 4 is 11.9 Å². The fourth-order valence-corrected chi connectivity index (χ4v) is 7.48. The van der Waals surface area contributed by atoms with Gasteiger partial charge in [0.25, 0.3) is 0 Å². The Hall–Kier alpha value is -1.70. The lowest BCUT2D eigenvalue weighted by Gasteiger charge is -2.24. The van der Waals surface area contributed by atoms with Crippen molar-refractivity contribution in [2.75, 3.05) is 26.3 Å². The lowest BCUT2D eigenvalue weighted by atomic mass is 9.92. The number of rotatable bonds is 46. The van der Waals surface area contributed by atoms with Gasteiger partial charge in [-0.05, 0) is 116 Å². The van der Waals surface area contributed by atoms with Crippen molar-refractivity contribution in [2.24, 2.45) is 5.92 Å². The molecule has 0 spiro atoms. The number of unbranched alkanes of at least 4 members (excludes halogenated alkanes) is 25. The Balaban J connectivity index is 3.88. The molecule has 0 saturated carbocycles. The molecule has 2 unspecified atom stereocenters. The maximum atomic E-state index is 12.2. The first-order valence-electron chi connectivity index (χ1n) is 25.1. The fourth-order valence-electron chi connectivity index (χ4n) is 7.48. The summed E-state index contributed by atoms with van der Waals surface area (Å²) in [7, 11) is 0. The van der Waals surface area contributed by atoms with Crippen molar-refractivity contribution in [3.8, 4) is 0 Å². The van der Waals surface area contributed by atoms with Gasteiger partial charge in [0, 0.05) is 25.9 Å². The smallest absolute Gasteiger partial charge is 0.305 e. The Morgan fingerprint density at radius 1 is 0.466 bits per heavy atom. The van der Waals surface area contributed by atoms with Gasteiger partial charge in [0.05, 0.1) is 25.4 Å². The first-order chi connectivity index (χ1) is 28.4. The van der Waals surface area contributed by atoms with E-state index in [1.807, 2.05) is 0 Å². The first kappa shape index (κ1) is 56.3. The molecule has 0 aromatic rings. The van der Waals surface area contributed by atoms with Crippen molar-refractivity contribution in [3.63, 3.8) is 0 Å². The van der Waals surface area contributed by atoms with E-state index in [1.54, 1.807) is 6.92 Å². The Bertz CT molecular complexity index is 921. The zero-order valence-electron chi connectivity index (χ0n) is 38.6. The molecule has 0 saturated heterocycles. The highest BCUT2D eigenvalue weighted by atomic mass is 16.5. The number of hydrogen-bond donors (Lipinski definition) is 3. The third-order valence-electron chi connectivity index (χ3n) is 11.3. The summed E-state index contributed by atoms with van der Waals surface area (Å²) in [6.07, 6.45) is 47.7. The van der Waals surface area contributed by atoms with Crippen LogP contribution in [-0.4, -0.2) is 60.7 Å². The van der Waals surface area contributed by atoms with Crippen LogP contribution in [0, 0.1) is 5.92 Å². The average Bonchev–Trinajstić information content (AvgIpc) is 3.21. The molecule has 58 heavy (non-hydrogen) atoms. The van der Waals surface area contributed by atoms with E-state index in [-0.39, 0.29) is 17.9 Å². The molecule has 0 aliphatic rings. The number of ether oxygens (including phenoxy) is 2. The first-order valence-corrected chi connectivity index (χ1v) is 25.1. The molecule has 0 amide bonds. The summed E-state index contributed by atoms with van der Waals surface area (Å²) in [6.45, 7) is 8.33. The highest BCUT2D eigenvalue weighted by molar-refractivity contribution is 5.69. The Labute approximate surface area is 359 Å². The summed E-state index contributed by atoms with van der Waals surface area (Å²) in [5.74, 6) is -0.105. The van der Waals surface area contributed by atoms with Crippen molar-refractivity contribution in [1.82, 2.24) is 5.32 Å². The number of allylic oxidation sites excluding steroid dienone is 4. The van der Waals surface area contributed by atoms with E-state index in [9.17, 15) is 19.8 Å². The number of nitrogens with one attached hydrogen (secondary N) is 1. The second-order valence-corrected chi connectivity index (χ2v) is 17.3. The predicted octanol–water partition coefficient (Wildman–Crippen LogP) is 13.8. The van der Waals surface area contributed by atoms with Gasteiger partial charge >= 0.3 is 11.9 Å². The van der Waals surface area contributed by atoms with Crippen molar-refractivity contribution < 1.29 is 29.3 Å². The van der Waals surface area contributed by atoms with Gasteiger partial charge in [0.1, 0.15) is 0 Å². The monoisotopic (exact) mass is 820 g/mol. The van der Waals surface area contributed by atoms with Gasteiger partial charge in [-0.2, -0.15) is 0 Å². The average molecular weight is 820 g/mol. The van der Waals surface area contributed by atoms with E-state index in [4.69, 9.17) is 9.47 Å². The molecule has 0 bridgehead atoms. The molecule has 0 aromatic heterocycles. The Morgan fingerprint density at radius 2 is 0.828 bits per heavy atom. The third kappa shape index (κ3) is 43.9. The van der Waals surface area contributed by atoms with Gasteiger partial charge in [-0.1, -0.05) is 147 Å². The molecule has 0 rings (SSSR count). The minimum atomic E-state index is -0.436. The van der Waals surface area contributed by atoms with Crippen LogP contribution in [0.3, 0.4) is 0 Å². The van der Waals surface area contributed by atoms with Gasteiger partial charge in [0.2, 0.25) is 0 Å². The topological polar surface area (TPSA) is 105 Å². The minimum Gasteiger partial charge on any atom is -0.466 e. The van der Waals surface area contributed by atoms with Crippen LogP contribution in [0.25, 0.3) is 0 Å². The molecular weight excluding hydrogens is 723 g/mol. The standard InChI is InChI=1S/C51H97NO6/c1-4-6-8-10-12-14-16-18-20-22-24-26-28-30-34-41-50(55)57-43-37-32-33-40-49(54)48(46-52-45-47(3)53)39-36-38-44-58-51(56)42-35-31-29-27-25-23-21-19-17-15-13-11-9-7-5-2/h18-21,47-49,52-54H,4-17,22-46H2,1-3H3/b20-18-,21-19-/t47-,48?,49?/m0/s1. The SMILES string of the molecule is CCCCCCCC/C=C\CCCCCCCC(=O)OCCCCCC(O)C(CCCCOC(=O)CCCCCCC/C=C\CCCCCCCC)CNC[C@H](C)O. The summed E-state index contributed by atoms with van der Waals surface area (Å²) in [4.78, 5) is 24.4. The van der Waals surface area contributed by atoms with E-state index in [1.165, 1.54) is 141 Å². The minimum absolute atomic E-state index is 0.0782. The van der Waals surface area contributed by atoms with Crippen LogP contribution in [0.1, 0.15) is 245 Å². The van der Waals surface area contributed by atoms with Crippen molar-refractivity contribution in [3.05, 3.63) is 24.3 Å². The molecule has 342 valence electrons. The van der Waals surface area contributed by atoms with E-state index in [0.717, 1.165) is 64.2 Å². The highest BCUT2D eigenvalue weighted by Gasteiger charge is 2.19. The van der Waals surface area contributed by atoms with E-state index < -0.39 is 12.2 Å². The van der Waals surface area contributed by atoms with Gasteiger partial charge in [-0.25, -0.2) is 0 Å². The van der Waals surface area contributed by atoms with E-state index >= 15 is 0 Å². The number of carbonyl (C=O) groups is 2. The molecule has 0 fully saturated rings. The molecule has 0 aliphatic carbocycles. The van der Waals surface area contributed by atoms with Crippen LogP contribution in [0.4, 0.5) is 0 Å². The van der Waals surface area contributed by atoms with Crippen LogP contribution in [0.15, 0.2) is 24.3 Å². The van der Waals surface area contributed by atoms with Gasteiger partial charge in [-0.15, -0.1) is 0 Å². The van der Waals surface area contributed by atoms with E-state index in [2.05, 4.69) is 43.5 Å². The molecule has 0 heterocycles. The summed E-state index contributed by atoms with van der Waals surface area (Å²) < 4.78 is 11.0. The summed E-state index contributed by atoms with van der Waals surface area (Å²) in [5.41, 5.74) is 0. The maximum Gasteiger partial charge on any atom is 0.305 e. The van der Waals surface area contributed by atoms with Crippen LogP contribution in [0.5, 0.6) is 0 Å². The van der Waals surface area contributed by atoms with Gasteiger partial charge < -0.3 is 25.0 Å². The number of aliphatic hydroxyl groups is 2. The number of carbonyl (C=O) groups excluding carboxylic acids is 2. The molecule has 0 aliphatic heterocycles. The molecule has 7 nitrogen and oxygen atoms in total. The zero-order valence-corrected chi connectivity index (χ0v) is 38.6. The van der Waals surface area contributed by atoms with Crippen molar-refractivity contribution in [2.45, 2.75) is 258 Å². The molecule has 7 heteroatoms. The van der Waals surface area contributed by atoms with Crippen molar-refractivity contribution in [1.29, 1.82) is 0 Å². The predicted molar refractivity (Wildman–Crippen MR) is 247 cm³/mol. The quantitative estimate of drug-likeness (QED) is 0.0319. The Morgan fingerprint density at radius 3 is 1.26 bits per heavy atom. The Kier molecular flexibility index (Phi) is 45.0. The second kappa shape index (κ2) is 46.4. The number of hydrogen-bond acceptors (Lipinski definition) is 7. The van der Waals surface area contributed by atoms with Crippen LogP contribution < -0.4 is 5.32 Å². The normalized spacial score (nSPS) is 13.4. The molecule has 0 aromatic carbocycles. The molecule has 3 atom stereocenters. The second-order valence-electron chi connectivity index (χ2n) is 17.3. The van der Waals surface area contributed by atoms with Gasteiger partial charge in [0.15, 0.2) is 0 Å². The number of aliphatic hydroxyl groups excluding tert-OH is 2. The largest absolute Gasteiger partial charge is 0.466 e. The lowest BCUT2D eigenvalue weighted by molar-refractivity contribution is -0.144. The summed E-state index contributed by atoms with van der Waals surface area (Å²) >= 11 is 0. The fraction of sp³-hybridized carbons (Fsp3) is 0.882. The lowest BCUT2D eigenvalue weighted by Crippen LogP contribution is -2.35. The molecule has 3 N–H and O–H groups in total. The van der Waals surface area contributed by atoms with Crippen LogP contribution in [-0.2, 0) is 19.1 Å². The summed E-state index contributed by atoms with van der Waals surface area (Å²) in [6, 6.07) is 0. The summed E-state index contributed by atoms with van der Waals surface area (Å²) in [5, 5.41) is 24.0. The van der Waals surface area contributed by atoms with Gasteiger partial charge in [-0.3, -0.25) is 9.59 Å². The number of esters is 2.